The maximum absolute atomic E-state index is 12.2. The molecule has 0 aliphatic carbocycles. The molecule has 1 saturated heterocycles. The lowest BCUT2D eigenvalue weighted by molar-refractivity contribution is -0.127. The highest BCUT2D eigenvalue weighted by Crippen LogP contribution is 2.37. The molecule has 8 nitrogen and oxygen atoms in total. The maximum Gasteiger partial charge on any atom is 0.250 e. The van der Waals surface area contributed by atoms with Crippen molar-refractivity contribution >= 4 is 29.2 Å². The molecule has 25 heavy (non-hydrogen) atoms. The predicted octanol–water partition coefficient (Wildman–Crippen LogP) is 1.20. The van der Waals surface area contributed by atoms with Crippen LogP contribution in [-0.4, -0.2) is 45.1 Å². The van der Waals surface area contributed by atoms with E-state index in [1.54, 1.807) is 22.8 Å². The number of hydrogen-bond donors (Lipinski definition) is 2. The number of primary amides is 1. The Kier molecular flexibility index (Phi) is 4.63. The first-order valence-electron chi connectivity index (χ1n) is 7.80. The van der Waals surface area contributed by atoms with Gasteiger partial charge in [-0.2, -0.15) is 5.10 Å². The monoisotopic (exact) mass is 362 g/mol. The number of amides is 2. The molecule has 0 bridgehead atoms. The van der Waals surface area contributed by atoms with Gasteiger partial charge in [0.25, 0.3) is 0 Å². The highest BCUT2D eigenvalue weighted by molar-refractivity contribution is 6.33. The Morgan fingerprint density at radius 2 is 2.20 bits per heavy atom. The Hall–Kier alpha value is -2.61. The summed E-state index contributed by atoms with van der Waals surface area (Å²) >= 11 is 6.15. The number of pyridine rings is 1. The predicted molar refractivity (Wildman–Crippen MR) is 93.1 cm³/mol. The second kappa shape index (κ2) is 6.72. The van der Waals surface area contributed by atoms with Gasteiger partial charge < -0.3 is 16.0 Å². The second-order valence-electron chi connectivity index (χ2n) is 6.16. The number of nitrogens with two attached hydrogens (primary N) is 1. The number of aryl methyl sites for hydroxylation is 1. The van der Waals surface area contributed by atoms with Crippen LogP contribution < -0.4 is 11.1 Å². The molecule has 3 N–H and O–H groups in total. The van der Waals surface area contributed by atoms with Gasteiger partial charge in [0.15, 0.2) is 0 Å². The number of aromatic nitrogens is 3. The van der Waals surface area contributed by atoms with Crippen LogP contribution in [-0.2, 0) is 11.8 Å². The summed E-state index contributed by atoms with van der Waals surface area (Å²) in [6, 6.07) is 1.42. The normalized spacial score (nSPS) is 20.1. The van der Waals surface area contributed by atoms with Crippen LogP contribution in [0, 0.1) is 5.92 Å². The summed E-state index contributed by atoms with van der Waals surface area (Å²) in [4.78, 5) is 29.2. The molecule has 1 fully saturated rings. The van der Waals surface area contributed by atoms with Crippen LogP contribution in [0.5, 0.6) is 0 Å². The summed E-state index contributed by atoms with van der Waals surface area (Å²) in [5.74, 6) is 0.0124. The van der Waals surface area contributed by atoms with Crippen molar-refractivity contribution in [2.24, 2.45) is 18.7 Å². The fourth-order valence-corrected chi connectivity index (χ4v) is 3.39. The van der Waals surface area contributed by atoms with Gasteiger partial charge in [-0.05, 0) is 6.07 Å². The van der Waals surface area contributed by atoms with Crippen LogP contribution in [0.25, 0.3) is 0 Å². The van der Waals surface area contributed by atoms with Gasteiger partial charge >= 0.3 is 0 Å². The quantitative estimate of drug-likeness (QED) is 0.831. The standard InChI is InChI=1S/C16H19ClN6O2/c1-22-8-11(7-21-22)14-9(4-13(24)23(14)2)5-19-16-12(17)3-10(6-20-16)15(18)25/h3,6-9,14H,4-5H2,1-2H3,(H2,18,25)(H,19,20)/t9-,14+/m0/s1. The summed E-state index contributed by atoms with van der Waals surface area (Å²) in [6.45, 7) is 0.512. The molecule has 3 rings (SSSR count). The Balaban J connectivity index is 1.75. The molecule has 2 amide bonds. The van der Waals surface area contributed by atoms with E-state index in [9.17, 15) is 9.59 Å². The molecule has 132 valence electrons. The van der Waals surface area contributed by atoms with E-state index in [1.165, 1.54) is 12.3 Å². The van der Waals surface area contributed by atoms with E-state index >= 15 is 0 Å². The SMILES string of the molecule is CN1C(=O)C[C@@H](CNc2ncc(C(N)=O)cc2Cl)[C@@H]1c1cnn(C)c1. The van der Waals surface area contributed by atoms with E-state index in [-0.39, 0.29) is 23.4 Å². The smallest absolute Gasteiger partial charge is 0.250 e. The zero-order valence-corrected chi connectivity index (χ0v) is 14.7. The van der Waals surface area contributed by atoms with Crippen LogP contribution in [0.15, 0.2) is 24.7 Å². The van der Waals surface area contributed by atoms with Crippen molar-refractivity contribution in [3.8, 4) is 0 Å². The van der Waals surface area contributed by atoms with Crippen molar-refractivity contribution in [1.82, 2.24) is 19.7 Å². The Morgan fingerprint density at radius 1 is 1.44 bits per heavy atom. The highest BCUT2D eigenvalue weighted by atomic mass is 35.5. The molecular weight excluding hydrogens is 344 g/mol. The number of rotatable bonds is 5. The van der Waals surface area contributed by atoms with E-state index in [4.69, 9.17) is 17.3 Å². The summed E-state index contributed by atoms with van der Waals surface area (Å²) in [5, 5.41) is 7.67. The van der Waals surface area contributed by atoms with Crippen molar-refractivity contribution < 1.29 is 9.59 Å². The van der Waals surface area contributed by atoms with Crippen molar-refractivity contribution in [2.45, 2.75) is 12.5 Å². The van der Waals surface area contributed by atoms with Gasteiger partial charge in [-0.15, -0.1) is 0 Å². The maximum atomic E-state index is 12.2. The first-order chi connectivity index (χ1) is 11.9. The molecule has 0 radical (unpaired) electrons. The number of carbonyl (C=O) groups excluding carboxylic acids is 2. The molecule has 2 aromatic rings. The largest absolute Gasteiger partial charge is 0.368 e. The molecule has 0 unspecified atom stereocenters. The molecule has 2 atom stereocenters. The average Bonchev–Trinajstić information content (AvgIpc) is 3.10. The summed E-state index contributed by atoms with van der Waals surface area (Å²) < 4.78 is 1.72. The number of nitrogens with zero attached hydrogens (tertiary/aromatic N) is 4. The van der Waals surface area contributed by atoms with Crippen LogP contribution in [0.4, 0.5) is 5.82 Å². The lowest BCUT2D eigenvalue weighted by Gasteiger charge is -2.24. The number of halogens is 1. The highest BCUT2D eigenvalue weighted by Gasteiger charge is 2.39. The van der Waals surface area contributed by atoms with Crippen LogP contribution >= 0.6 is 11.6 Å². The topological polar surface area (TPSA) is 106 Å². The van der Waals surface area contributed by atoms with Crippen LogP contribution in [0.2, 0.25) is 5.02 Å². The zero-order valence-electron chi connectivity index (χ0n) is 13.9. The molecule has 2 aromatic heterocycles. The summed E-state index contributed by atoms with van der Waals surface area (Å²) in [7, 11) is 3.64. The van der Waals surface area contributed by atoms with E-state index in [1.807, 2.05) is 13.2 Å². The van der Waals surface area contributed by atoms with Gasteiger partial charge in [0.05, 0.1) is 22.8 Å². The molecule has 0 spiro atoms. The summed E-state index contributed by atoms with van der Waals surface area (Å²) in [5.41, 5.74) is 6.45. The van der Waals surface area contributed by atoms with Gasteiger partial charge in [-0.25, -0.2) is 4.98 Å². The van der Waals surface area contributed by atoms with Gasteiger partial charge in [0.1, 0.15) is 5.82 Å². The second-order valence-corrected chi connectivity index (χ2v) is 6.57. The van der Waals surface area contributed by atoms with Gasteiger partial charge in [0, 0.05) is 50.9 Å². The fourth-order valence-electron chi connectivity index (χ4n) is 3.15. The van der Waals surface area contributed by atoms with E-state index in [2.05, 4.69) is 15.4 Å². The number of nitrogens with one attached hydrogen (secondary N) is 1. The van der Waals surface area contributed by atoms with E-state index < -0.39 is 5.91 Å². The minimum absolute atomic E-state index is 0.0513. The summed E-state index contributed by atoms with van der Waals surface area (Å²) in [6.07, 6.45) is 5.50. The fraction of sp³-hybridized carbons (Fsp3) is 0.375. The Bertz CT molecular complexity index is 821. The van der Waals surface area contributed by atoms with Crippen molar-refractivity contribution in [2.75, 3.05) is 18.9 Å². The Morgan fingerprint density at radius 3 is 2.80 bits per heavy atom. The Labute approximate surface area is 150 Å². The van der Waals surface area contributed by atoms with Crippen molar-refractivity contribution in [1.29, 1.82) is 0 Å². The third-order valence-electron chi connectivity index (χ3n) is 4.42. The first kappa shape index (κ1) is 17.2. The third kappa shape index (κ3) is 3.43. The van der Waals surface area contributed by atoms with Gasteiger partial charge in [0.2, 0.25) is 11.8 Å². The number of carbonyl (C=O) groups is 2. The first-order valence-corrected chi connectivity index (χ1v) is 8.18. The number of likely N-dealkylation sites (tertiary alicyclic amines) is 1. The van der Waals surface area contributed by atoms with E-state index in [0.717, 1.165) is 5.56 Å². The minimum Gasteiger partial charge on any atom is -0.368 e. The average molecular weight is 363 g/mol. The van der Waals surface area contributed by atoms with Crippen LogP contribution in [0.3, 0.4) is 0 Å². The van der Waals surface area contributed by atoms with Crippen molar-refractivity contribution in [3.63, 3.8) is 0 Å². The molecule has 1 aliphatic heterocycles. The van der Waals surface area contributed by atoms with Crippen molar-refractivity contribution in [3.05, 3.63) is 40.8 Å². The molecule has 0 aromatic carbocycles. The number of anilines is 1. The zero-order chi connectivity index (χ0) is 18.1. The molecule has 3 heterocycles. The molecule has 0 saturated carbocycles. The van der Waals surface area contributed by atoms with E-state index in [0.29, 0.717) is 23.8 Å². The van der Waals surface area contributed by atoms with Gasteiger partial charge in [-0.1, -0.05) is 11.6 Å². The lowest BCUT2D eigenvalue weighted by atomic mass is 9.96. The molecule has 1 aliphatic rings. The molecular formula is C16H19ClN6O2. The molecule has 9 heteroatoms. The third-order valence-corrected chi connectivity index (χ3v) is 4.71. The minimum atomic E-state index is -0.583. The number of hydrogen-bond acceptors (Lipinski definition) is 5. The lowest BCUT2D eigenvalue weighted by Crippen LogP contribution is -2.26. The van der Waals surface area contributed by atoms with Gasteiger partial charge in [-0.3, -0.25) is 14.3 Å². The van der Waals surface area contributed by atoms with Crippen LogP contribution in [0.1, 0.15) is 28.4 Å².